The Bertz CT molecular complexity index is 1340. The van der Waals surface area contributed by atoms with Gasteiger partial charge in [0, 0.05) is 15.7 Å². The molecule has 0 aliphatic heterocycles. The van der Waals surface area contributed by atoms with Gasteiger partial charge in [-0.2, -0.15) is 0 Å². The van der Waals surface area contributed by atoms with Crippen LogP contribution in [0.15, 0.2) is 47.2 Å². The SMILES string of the molecule is CCOC(=O)c1nc(Br)n(C(C)CO[Si](C(C)C)(C(C)C)C(C)C)c1C(Nc1cc(Cl)ccc1C)c1ccc(Cl)cc1. The van der Waals surface area contributed by atoms with Crippen molar-refractivity contribution in [2.24, 2.45) is 0 Å². The molecule has 0 saturated heterocycles. The number of esters is 1. The van der Waals surface area contributed by atoms with Crippen molar-refractivity contribution in [2.75, 3.05) is 18.5 Å². The van der Waals surface area contributed by atoms with Crippen LogP contribution in [0.4, 0.5) is 5.69 Å². The van der Waals surface area contributed by atoms with Crippen LogP contribution in [-0.4, -0.2) is 37.1 Å². The molecule has 1 heterocycles. The highest BCUT2D eigenvalue weighted by Gasteiger charge is 2.45. The summed E-state index contributed by atoms with van der Waals surface area (Å²) in [7, 11) is -2.14. The molecule has 2 atom stereocenters. The third kappa shape index (κ3) is 7.44. The average Bonchev–Trinajstić information content (AvgIpc) is 3.26. The third-order valence-corrected chi connectivity index (χ3v) is 15.2. The molecule has 3 aromatic rings. The Morgan fingerprint density at radius 1 is 0.976 bits per heavy atom. The Kier molecular flexibility index (Phi) is 12.2. The van der Waals surface area contributed by atoms with Crippen LogP contribution in [0.25, 0.3) is 0 Å². The van der Waals surface area contributed by atoms with Crippen molar-refractivity contribution in [3.8, 4) is 0 Å². The monoisotopic (exact) mass is 695 g/mol. The van der Waals surface area contributed by atoms with Crippen LogP contribution < -0.4 is 5.32 Å². The second kappa shape index (κ2) is 14.8. The van der Waals surface area contributed by atoms with Gasteiger partial charge in [-0.15, -0.1) is 0 Å². The molecule has 0 fully saturated rings. The lowest BCUT2D eigenvalue weighted by molar-refractivity contribution is 0.0518. The van der Waals surface area contributed by atoms with Crippen molar-refractivity contribution in [1.29, 1.82) is 0 Å². The van der Waals surface area contributed by atoms with Crippen LogP contribution in [0.3, 0.4) is 0 Å². The summed E-state index contributed by atoms with van der Waals surface area (Å²) in [6.07, 6.45) is 0. The molecule has 6 nitrogen and oxygen atoms in total. The molecule has 0 radical (unpaired) electrons. The number of aromatic nitrogens is 2. The second-order valence-electron chi connectivity index (χ2n) is 11.8. The van der Waals surface area contributed by atoms with Crippen LogP contribution in [-0.2, 0) is 9.16 Å². The standard InChI is InChI=1S/C32H44BrCl2N3O3Si/c1-10-40-31(39)29-30(28(24-12-15-25(34)16-13-24)36-27-17-26(35)14-11-22(27)8)38(32(33)37-29)23(9)18-41-42(19(2)3,20(4)5)21(6)7/h11-17,19-21,23,28,36H,10,18H2,1-9H3. The first-order chi connectivity index (χ1) is 19.7. The van der Waals surface area contributed by atoms with Crippen molar-refractivity contribution in [3.63, 3.8) is 0 Å². The number of imidazole rings is 1. The minimum Gasteiger partial charge on any atom is -0.461 e. The van der Waals surface area contributed by atoms with Gasteiger partial charge in [0.15, 0.2) is 18.7 Å². The first-order valence-corrected chi connectivity index (χ1v) is 18.3. The fourth-order valence-electron chi connectivity index (χ4n) is 6.17. The van der Waals surface area contributed by atoms with E-state index in [0.717, 1.165) is 16.8 Å². The molecule has 0 saturated carbocycles. The van der Waals surface area contributed by atoms with E-state index in [1.54, 1.807) is 6.92 Å². The fourth-order valence-corrected chi connectivity index (χ4v) is 12.7. The largest absolute Gasteiger partial charge is 0.461 e. The molecule has 2 aromatic carbocycles. The van der Waals surface area contributed by atoms with Gasteiger partial charge < -0.3 is 19.0 Å². The molecule has 0 aliphatic rings. The average molecular weight is 698 g/mol. The Hall–Kier alpha value is -1.84. The maximum absolute atomic E-state index is 13.4. The van der Waals surface area contributed by atoms with E-state index in [9.17, 15) is 4.79 Å². The number of nitrogens with one attached hydrogen (secondary N) is 1. The summed E-state index contributed by atoms with van der Waals surface area (Å²) in [6.45, 7) is 20.3. The Morgan fingerprint density at radius 3 is 2.10 bits per heavy atom. The maximum Gasteiger partial charge on any atom is 0.358 e. The number of rotatable bonds is 13. The number of carbonyl (C=O) groups is 1. The molecule has 2 unspecified atom stereocenters. The zero-order valence-electron chi connectivity index (χ0n) is 26.1. The van der Waals surface area contributed by atoms with Gasteiger partial charge in [0.25, 0.3) is 0 Å². The zero-order chi connectivity index (χ0) is 31.4. The topological polar surface area (TPSA) is 65.4 Å². The summed E-state index contributed by atoms with van der Waals surface area (Å²) in [5, 5.41) is 4.89. The molecule has 0 aliphatic carbocycles. The number of hydrogen-bond donors (Lipinski definition) is 1. The van der Waals surface area contributed by atoms with Crippen LogP contribution in [0.5, 0.6) is 0 Å². The van der Waals surface area contributed by atoms with Crippen LogP contribution in [0, 0.1) is 6.92 Å². The van der Waals surface area contributed by atoms with E-state index in [-0.39, 0.29) is 18.3 Å². The van der Waals surface area contributed by atoms with E-state index in [4.69, 9.17) is 37.3 Å². The Labute approximate surface area is 270 Å². The number of aryl methyl sites for hydroxylation is 1. The van der Waals surface area contributed by atoms with Crippen molar-refractivity contribution in [2.45, 2.75) is 91.0 Å². The number of halogens is 3. The van der Waals surface area contributed by atoms with E-state index >= 15 is 0 Å². The Balaban J connectivity index is 2.22. The minimum absolute atomic E-state index is 0.148. The first-order valence-electron chi connectivity index (χ1n) is 14.6. The van der Waals surface area contributed by atoms with Gasteiger partial charge in [-0.1, -0.05) is 82.9 Å². The van der Waals surface area contributed by atoms with E-state index < -0.39 is 20.3 Å². The van der Waals surface area contributed by atoms with Crippen molar-refractivity contribution < 1.29 is 14.0 Å². The predicted octanol–water partition coefficient (Wildman–Crippen LogP) is 10.4. The predicted molar refractivity (Wildman–Crippen MR) is 181 cm³/mol. The molecule has 0 amide bonds. The number of anilines is 1. The summed E-state index contributed by atoms with van der Waals surface area (Å²) >= 11 is 16.4. The molecule has 1 N–H and O–H groups in total. The first kappa shape index (κ1) is 34.6. The minimum atomic E-state index is -2.14. The molecular formula is C32H44BrCl2N3O3Si. The maximum atomic E-state index is 13.4. The molecule has 230 valence electrons. The van der Waals surface area contributed by atoms with Crippen molar-refractivity contribution in [1.82, 2.24) is 9.55 Å². The van der Waals surface area contributed by atoms with Crippen LogP contribution in [0.2, 0.25) is 26.7 Å². The molecular weight excluding hydrogens is 653 g/mol. The number of hydrogen-bond acceptors (Lipinski definition) is 5. The van der Waals surface area contributed by atoms with E-state index in [1.165, 1.54) is 0 Å². The highest BCUT2D eigenvalue weighted by molar-refractivity contribution is 9.10. The van der Waals surface area contributed by atoms with E-state index in [2.05, 4.69) is 74.3 Å². The summed E-state index contributed by atoms with van der Waals surface area (Å²) in [4.78, 5) is 18.1. The summed E-state index contributed by atoms with van der Waals surface area (Å²) in [5.41, 5.74) is 5.00. The van der Waals surface area contributed by atoms with Gasteiger partial charge in [0.05, 0.1) is 31.0 Å². The molecule has 0 bridgehead atoms. The molecule has 0 spiro atoms. The normalized spacial score (nSPS) is 13.6. The molecule has 10 heteroatoms. The smallest absolute Gasteiger partial charge is 0.358 e. The highest BCUT2D eigenvalue weighted by atomic mass is 79.9. The lowest BCUT2D eigenvalue weighted by Crippen LogP contribution is -2.48. The number of benzene rings is 2. The second-order valence-corrected chi connectivity index (χ2v) is 18.8. The van der Waals surface area contributed by atoms with Gasteiger partial charge in [-0.3, -0.25) is 0 Å². The molecule has 42 heavy (non-hydrogen) atoms. The van der Waals surface area contributed by atoms with Crippen LogP contribution >= 0.6 is 39.1 Å². The van der Waals surface area contributed by atoms with Crippen molar-refractivity contribution >= 4 is 59.1 Å². The van der Waals surface area contributed by atoms with Gasteiger partial charge in [0.2, 0.25) is 0 Å². The van der Waals surface area contributed by atoms with E-state index in [1.807, 2.05) is 49.4 Å². The number of carbonyl (C=O) groups excluding carboxylic acids is 1. The quantitative estimate of drug-likeness (QED) is 0.142. The summed E-state index contributed by atoms with van der Waals surface area (Å²) in [5.74, 6) is -0.487. The molecule has 3 rings (SSSR count). The fraction of sp³-hybridized carbons (Fsp3) is 0.500. The summed E-state index contributed by atoms with van der Waals surface area (Å²) < 4.78 is 15.1. The highest BCUT2D eigenvalue weighted by Crippen LogP contribution is 2.43. The number of ether oxygens (including phenoxy) is 1. The van der Waals surface area contributed by atoms with Gasteiger partial charge >= 0.3 is 5.97 Å². The summed E-state index contributed by atoms with van der Waals surface area (Å²) in [6, 6.07) is 12.7. The third-order valence-electron chi connectivity index (χ3n) is 8.07. The van der Waals surface area contributed by atoms with Gasteiger partial charge in [0.1, 0.15) is 0 Å². The van der Waals surface area contributed by atoms with Gasteiger partial charge in [-0.25, -0.2) is 9.78 Å². The number of nitrogens with zero attached hydrogens (tertiary/aromatic N) is 2. The van der Waals surface area contributed by atoms with Gasteiger partial charge in [-0.05, 0) is 88.7 Å². The van der Waals surface area contributed by atoms with Crippen LogP contribution in [0.1, 0.15) is 94.8 Å². The van der Waals surface area contributed by atoms with E-state index in [0.29, 0.717) is 43.7 Å². The molecule has 1 aromatic heterocycles. The Morgan fingerprint density at radius 2 is 1.55 bits per heavy atom. The lowest BCUT2D eigenvalue weighted by Gasteiger charge is -2.43. The zero-order valence-corrected chi connectivity index (χ0v) is 30.2. The lowest BCUT2D eigenvalue weighted by atomic mass is 10.00. The van der Waals surface area contributed by atoms with Crippen molar-refractivity contribution in [3.05, 3.63) is 79.8 Å².